The molecule has 166 valence electrons. The minimum Gasteiger partial charge on any atom is -0.464 e. The summed E-state index contributed by atoms with van der Waals surface area (Å²) in [6.07, 6.45) is 4.59. The zero-order chi connectivity index (χ0) is 22.1. The highest BCUT2D eigenvalue weighted by Crippen LogP contribution is 2.35. The van der Waals surface area contributed by atoms with E-state index < -0.39 is 0 Å². The summed E-state index contributed by atoms with van der Waals surface area (Å²) in [4.78, 5) is 27.8. The van der Waals surface area contributed by atoms with Crippen LogP contribution in [0.5, 0.6) is 11.5 Å². The van der Waals surface area contributed by atoms with Gasteiger partial charge in [0.1, 0.15) is 11.4 Å². The highest BCUT2D eigenvalue weighted by atomic mass is 19.1. The molecule has 0 aliphatic carbocycles. The number of likely N-dealkylation sites (tertiary alicyclic amines) is 1. The molecule has 0 atom stereocenters. The summed E-state index contributed by atoms with van der Waals surface area (Å²) < 4.78 is 29.5. The van der Waals surface area contributed by atoms with Crippen LogP contribution >= 0.6 is 0 Å². The van der Waals surface area contributed by atoms with Crippen LogP contribution in [0.1, 0.15) is 35.2 Å². The smallest absolute Gasteiger partial charge is 0.231 e. The summed E-state index contributed by atoms with van der Waals surface area (Å²) in [5.74, 6) is 0.911. The highest BCUT2D eigenvalue weighted by Gasteiger charge is 2.25. The summed E-state index contributed by atoms with van der Waals surface area (Å²) in [6.45, 7) is 2.69. The number of Topliss-reactive ketones (excluding diaryl/α,β-unsaturated/α-hetero) is 1. The molecule has 2 aromatic carbocycles. The first-order valence-corrected chi connectivity index (χ1v) is 10.9. The quantitative estimate of drug-likeness (QED) is 0.539. The van der Waals surface area contributed by atoms with E-state index in [1.54, 1.807) is 30.5 Å². The zero-order valence-electron chi connectivity index (χ0n) is 17.6. The molecule has 1 saturated heterocycles. The number of aryl methyl sites for hydroxylation is 1. The Morgan fingerprint density at radius 2 is 1.78 bits per heavy atom. The molecule has 2 aliphatic rings. The van der Waals surface area contributed by atoms with Crippen molar-refractivity contribution in [3.8, 4) is 11.5 Å². The van der Waals surface area contributed by atoms with E-state index in [9.17, 15) is 14.0 Å². The van der Waals surface area contributed by atoms with Gasteiger partial charge in [-0.3, -0.25) is 9.59 Å². The topological polar surface area (TPSA) is 69.0 Å². The molecular weight excluding hydrogens is 413 g/mol. The van der Waals surface area contributed by atoms with Crippen molar-refractivity contribution < 1.29 is 23.1 Å². The number of hydrogen-bond donors (Lipinski definition) is 0. The van der Waals surface area contributed by atoms with Crippen LogP contribution in [0.2, 0.25) is 0 Å². The Hall–Kier alpha value is -3.19. The van der Waals surface area contributed by atoms with Crippen molar-refractivity contribution in [2.45, 2.75) is 25.7 Å². The molecule has 0 saturated carbocycles. The van der Waals surface area contributed by atoms with Crippen LogP contribution in [0.15, 0.2) is 51.9 Å². The lowest BCUT2D eigenvalue weighted by molar-refractivity contribution is 0.0839. The molecule has 3 aromatic rings. The van der Waals surface area contributed by atoms with E-state index in [2.05, 4.69) is 4.90 Å². The standard InChI is InChI=1S/C25H24FNO5/c26-19-5-3-16(4-6-19)24(28)17-7-10-27(11-8-17)9-1-2-18-14-30-21-13-23-22(31-15-32-23)12-20(21)25(18)29/h3-6,12-14,17H,1-2,7-11,15H2. The Morgan fingerprint density at radius 1 is 1.06 bits per heavy atom. The van der Waals surface area contributed by atoms with Crippen LogP contribution in [0, 0.1) is 11.7 Å². The van der Waals surface area contributed by atoms with Crippen LogP contribution in [0.25, 0.3) is 11.0 Å². The number of ether oxygens (including phenoxy) is 2. The number of ketones is 1. The number of nitrogens with zero attached hydrogens (tertiary/aromatic N) is 1. The molecule has 0 radical (unpaired) electrons. The highest BCUT2D eigenvalue weighted by molar-refractivity contribution is 5.97. The molecule has 6 nitrogen and oxygen atoms in total. The van der Waals surface area contributed by atoms with Crippen LogP contribution in [-0.2, 0) is 6.42 Å². The number of fused-ring (bicyclic) bond motifs is 2. The van der Waals surface area contributed by atoms with Gasteiger partial charge in [-0.05, 0) is 75.6 Å². The molecule has 3 heterocycles. The van der Waals surface area contributed by atoms with Gasteiger partial charge in [0.15, 0.2) is 22.7 Å². The van der Waals surface area contributed by atoms with Gasteiger partial charge in [0.25, 0.3) is 0 Å². The van der Waals surface area contributed by atoms with Crippen molar-refractivity contribution in [1.82, 2.24) is 4.90 Å². The third-order valence-corrected chi connectivity index (χ3v) is 6.35. The van der Waals surface area contributed by atoms with Gasteiger partial charge in [-0.1, -0.05) is 0 Å². The van der Waals surface area contributed by atoms with Gasteiger partial charge in [-0.15, -0.1) is 0 Å². The number of halogens is 1. The minimum atomic E-state index is -0.330. The molecular formula is C25H24FNO5. The first-order chi connectivity index (χ1) is 15.6. The monoisotopic (exact) mass is 437 g/mol. The number of benzene rings is 2. The van der Waals surface area contributed by atoms with Gasteiger partial charge in [0, 0.05) is 23.1 Å². The maximum Gasteiger partial charge on any atom is 0.231 e. The van der Waals surface area contributed by atoms with Gasteiger partial charge in [0.05, 0.1) is 11.6 Å². The molecule has 2 aliphatic heterocycles. The van der Waals surface area contributed by atoms with Gasteiger partial charge in [-0.2, -0.15) is 0 Å². The van der Waals surface area contributed by atoms with Crippen molar-refractivity contribution in [1.29, 1.82) is 0 Å². The molecule has 0 amide bonds. The normalized spacial score (nSPS) is 16.5. The Bertz CT molecular complexity index is 1200. The van der Waals surface area contributed by atoms with E-state index in [1.165, 1.54) is 12.1 Å². The van der Waals surface area contributed by atoms with Crippen LogP contribution in [-0.4, -0.2) is 37.1 Å². The average Bonchev–Trinajstić information content (AvgIpc) is 3.27. The van der Waals surface area contributed by atoms with E-state index in [-0.39, 0.29) is 29.7 Å². The molecule has 1 aromatic heterocycles. The van der Waals surface area contributed by atoms with Crippen molar-refractivity contribution in [2.24, 2.45) is 5.92 Å². The second-order valence-electron chi connectivity index (χ2n) is 8.38. The minimum absolute atomic E-state index is 0.0165. The van der Waals surface area contributed by atoms with Crippen molar-refractivity contribution >= 4 is 16.8 Å². The third-order valence-electron chi connectivity index (χ3n) is 6.35. The molecule has 1 fully saturated rings. The fraction of sp³-hybridized carbons (Fsp3) is 0.360. The van der Waals surface area contributed by atoms with E-state index >= 15 is 0 Å². The predicted octanol–water partition coefficient (Wildman–Crippen LogP) is 4.19. The van der Waals surface area contributed by atoms with Gasteiger partial charge < -0.3 is 18.8 Å². The van der Waals surface area contributed by atoms with Crippen LogP contribution in [0.4, 0.5) is 4.39 Å². The zero-order valence-corrected chi connectivity index (χ0v) is 17.6. The molecule has 0 spiro atoms. The molecule has 32 heavy (non-hydrogen) atoms. The number of carbonyl (C=O) groups is 1. The average molecular weight is 437 g/mol. The number of carbonyl (C=O) groups excluding carboxylic acids is 1. The largest absolute Gasteiger partial charge is 0.464 e. The Balaban J connectivity index is 1.15. The first kappa shape index (κ1) is 20.7. The second kappa shape index (κ2) is 8.74. The Morgan fingerprint density at radius 3 is 2.53 bits per heavy atom. The summed E-state index contributed by atoms with van der Waals surface area (Å²) in [5.41, 5.74) is 1.69. The summed E-state index contributed by atoms with van der Waals surface area (Å²) >= 11 is 0. The van der Waals surface area contributed by atoms with Gasteiger partial charge >= 0.3 is 0 Å². The van der Waals surface area contributed by atoms with E-state index in [4.69, 9.17) is 13.9 Å². The van der Waals surface area contributed by atoms with E-state index in [0.29, 0.717) is 40.0 Å². The van der Waals surface area contributed by atoms with Crippen molar-refractivity contribution in [3.63, 3.8) is 0 Å². The summed E-state index contributed by atoms with van der Waals surface area (Å²) in [6, 6.07) is 9.18. The predicted molar refractivity (Wildman–Crippen MR) is 117 cm³/mol. The fourth-order valence-corrected chi connectivity index (χ4v) is 4.49. The maximum absolute atomic E-state index is 13.1. The maximum atomic E-state index is 13.1. The Kier molecular flexibility index (Phi) is 5.66. The number of rotatable bonds is 6. The first-order valence-electron chi connectivity index (χ1n) is 10.9. The van der Waals surface area contributed by atoms with Gasteiger partial charge in [-0.25, -0.2) is 4.39 Å². The second-order valence-corrected chi connectivity index (χ2v) is 8.38. The molecule has 5 rings (SSSR count). The van der Waals surface area contributed by atoms with Crippen molar-refractivity contribution in [3.05, 3.63) is 69.8 Å². The molecule has 0 bridgehead atoms. The number of hydrogen-bond acceptors (Lipinski definition) is 6. The lowest BCUT2D eigenvalue weighted by atomic mass is 9.89. The summed E-state index contributed by atoms with van der Waals surface area (Å²) in [5, 5.41) is 0.506. The lowest BCUT2D eigenvalue weighted by Gasteiger charge is -2.31. The van der Waals surface area contributed by atoms with E-state index in [0.717, 1.165) is 38.9 Å². The fourth-order valence-electron chi connectivity index (χ4n) is 4.49. The van der Waals surface area contributed by atoms with Crippen LogP contribution < -0.4 is 14.9 Å². The Labute approximate surface area is 184 Å². The van der Waals surface area contributed by atoms with Crippen molar-refractivity contribution in [2.75, 3.05) is 26.4 Å². The lowest BCUT2D eigenvalue weighted by Crippen LogP contribution is -2.37. The van der Waals surface area contributed by atoms with Crippen LogP contribution in [0.3, 0.4) is 0 Å². The molecule has 0 unspecified atom stereocenters. The van der Waals surface area contributed by atoms with E-state index in [1.807, 2.05) is 0 Å². The SMILES string of the molecule is O=C(c1ccc(F)cc1)C1CCN(CCCc2coc3cc4c(cc3c2=O)OCO4)CC1. The molecule has 0 N–H and O–H groups in total. The van der Waals surface area contributed by atoms with Gasteiger partial charge in [0.2, 0.25) is 6.79 Å². The summed E-state index contributed by atoms with van der Waals surface area (Å²) in [7, 11) is 0. The number of piperidine rings is 1. The molecule has 7 heteroatoms. The third kappa shape index (κ3) is 4.12.